The fourth-order valence-corrected chi connectivity index (χ4v) is 4.41. The molecule has 0 aromatic heterocycles. The molecule has 1 heterocycles. The second kappa shape index (κ2) is 8.94. The molecule has 1 saturated heterocycles. The number of anilines is 1. The van der Waals surface area contributed by atoms with Crippen LogP contribution in [-0.4, -0.2) is 34.6 Å². The molecule has 0 bridgehead atoms. The zero-order chi connectivity index (χ0) is 20.1. The summed E-state index contributed by atoms with van der Waals surface area (Å²) in [6.45, 7) is 2.27. The summed E-state index contributed by atoms with van der Waals surface area (Å²) in [5.74, 6) is -0.685. The van der Waals surface area contributed by atoms with Crippen molar-refractivity contribution in [3.8, 4) is 0 Å². The summed E-state index contributed by atoms with van der Waals surface area (Å²) in [5.41, 5.74) is 2.02. The van der Waals surface area contributed by atoms with Crippen LogP contribution < -0.4 is 9.62 Å². The van der Waals surface area contributed by atoms with Crippen LogP contribution in [0.15, 0.2) is 47.4 Å². The van der Waals surface area contributed by atoms with Gasteiger partial charge in [0.05, 0.1) is 22.6 Å². The molecule has 0 unspecified atom stereocenters. The van der Waals surface area contributed by atoms with E-state index in [1.54, 1.807) is 0 Å². The number of sulfonamides is 1. The number of ether oxygens (including phenoxy) is 1. The Morgan fingerprint density at radius 1 is 1.11 bits per heavy atom. The van der Waals surface area contributed by atoms with Gasteiger partial charge in [-0.2, -0.15) is 0 Å². The zero-order valence-corrected chi connectivity index (χ0v) is 17.2. The van der Waals surface area contributed by atoms with Crippen LogP contribution in [0.4, 0.5) is 5.69 Å². The topological polar surface area (TPSA) is 75.7 Å². The van der Waals surface area contributed by atoms with Gasteiger partial charge in [-0.15, -0.1) is 0 Å². The monoisotopic (exact) mass is 422 g/mol. The molecule has 0 aliphatic carbocycles. The summed E-state index contributed by atoms with van der Waals surface area (Å²) in [4.78, 5) is 14.0. The van der Waals surface area contributed by atoms with Crippen molar-refractivity contribution in [1.82, 2.24) is 4.72 Å². The molecule has 2 aromatic carbocycles. The van der Waals surface area contributed by atoms with Crippen LogP contribution in [0.2, 0.25) is 5.02 Å². The standard InChI is InChI=1S/C20H23ClN2O4S/c1-27-20(24)18-13-17(9-10-19(18)21)28(25,26)22-14-15-5-7-16(8-6-15)23-11-3-2-4-12-23/h5-10,13,22H,2-4,11-12,14H2,1H3. The fraction of sp³-hybridized carbons (Fsp3) is 0.350. The number of benzene rings is 2. The van der Waals surface area contributed by atoms with Crippen LogP contribution in [0, 0.1) is 0 Å². The molecule has 0 amide bonds. The maximum absolute atomic E-state index is 12.6. The lowest BCUT2D eigenvalue weighted by Gasteiger charge is -2.28. The number of carbonyl (C=O) groups is 1. The average Bonchev–Trinajstić information content (AvgIpc) is 2.73. The quantitative estimate of drug-likeness (QED) is 0.720. The number of methoxy groups -OCH3 is 1. The van der Waals surface area contributed by atoms with E-state index in [1.807, 2.05) is 24.3 Å². The van der Waals surface area contributed by atoms with E-state index in [2.05, 4.69) is 14.4 Å². The van der Waals surface area contributed by atoms with Gasteiger partial charge in [0.1, 0.15) is 0 Å². The maximum atomic E-state index is 12.6. The Hall–Kier alpha value is -2.09. The molecule has 0 radical (unpaired) electrons. The molecule has 1 fully saturated rings. The third kappa shape index (κ3) is 4.84. The molecule has 1 N–H and O–H groups in total. The van der Waals surface area contributed by atoms with Gasteiger partial charge in [-0.1, -0.05) is 23.7 Å². The van der Waals surface area contributed by atoms with E-state index in [1.165, 1.54) is 44.6 Å². The molecule has 1 aliphatic rings. The molecule has 28 heavy (non-hydrogen) atoms. The lowest BCUT2D eigenvalue weighted by molar-refractivity contribution is 0.0600. The van der Waals surface area contributed by atoms with Crippen LogP contribution in [0.3, 0.4) is 0 Å². The van der Waals surface area contributed by atoms with E-state index in [-0.39, 0.29) is 22.0 Å². The number of hydrogen-bond acceptors (Lipinski definition) is 5. The molecular formula is C20H23ClN2O4S. The van der Waals surface area contributed by atoms with E-state index in [9.17, 15) is 13.2 Å². The molecule has 8 heteroatoms. The first kappa shape index (κ1) is 20.6. The lowest BCUT2D eigenvalue weighted by Crippen LogP contribution is -2.29. The third-order valence-electron chi connectivity index (χ3n) is 4.78. The van der Waals surface area contributed by atoms with Gasteiger partial charge in [-0.05, 0) is 55.2 Å². The smallest absolute Gasteiger partial charge is 0.339 e. The number of piperidine rings is 1. The summed E-state index contributed by atoms with van der Waals surface area (Å²) < 4.78 is 32.3. The SMILES string of the molecule is COC(=O)c1cc(S(=O)(=O)NCc2ccc(N3CCCCC3)cc2)ccc1Cl. The largest absolute Gasteiger partial charge is 0.465 e. The van der Waals surface area contributed by atoms with Crippen molar-refractivity contribution in [1.29, 1.82) is 0 Å². The van der Waals surface area contributed by atoms with Crippen LogP contribution in [0.5, 0.6) is 0 Å². The van der Waals surface area contributed by atoms with Crippen LogP contribution in [0.1, 0.15) is 35.2 Å². The zero-order valence-electron chi connectivity index (χ0n) is 15.7. The fourth-order valence-electron chi connectivity index (χ4n) is 3.18. The Morgan fingerprint density at radius 2 is 1.79 bits per heavy atom. The minimum atomic E-state index is -3.80. The molecule has 0 atom stereocenters. The summed E-state index contributed by atoms with van der Waals surface area (Å²) in [6.07, 6.45) is 3.69. The third-order valence-corrected chi connectivity index (χ3v) is 6.51. The first-order valence-electron chi connectivity index (χ1n) is 9.12. The van der Waals surface area contributed by atoms with Gasteiger partial charge in [-0.25, -0.2) is 17.9 Å². The van der Waals surface area contributed by atoms with Crippen molar-refractivity contribution in [3.63, 3.8) is 0 Å². The predicted octanol–water partition coefficient (Wildman–Crippen LogP) is 3.60. The van der Waals surface area contributed by atoms with Gasteiger partial charge in [0, 0.05) is 25.3 Å². The highest BCUT2D eigenvalue weighted by molar-refractivity contribution is 7.89. The normalized spacial score (nSPS) is 14.7. The minimum absolute atomic E-state index is 0.0120. The van der Waals surface area contributed by atoms with Crippen molar-refractivity contribution in [3.05, 3.63) is 58.6 Å². The molecular weight excluding hydrogens is 400 g/mol. The van der Waals surface area contributed by atoms with Gasteiger partial charge in [0.2, 0.25) is 10.0 Å². The van der Waals surface area contributed by atoms with E-state index < -0.39 is 16.0 Å². The van der Waals surface area contributed by atoms with Gasteiger partial charge in [0.25, 0.3) is 0 Å². The molecule has 1 aliphatic heterocycles. The number of nitrogens with zero attached hydrogens (tertiary/aromatic N) is 1. The number of hydrogen-bond donors (Lipinski definition) is 1. The van der Waals surface area contributed by atoms with Gasteiger partial charge in [-0.3, -0.25) is 0 Å². The summed E-state index contributed by atoms with van der Waals surface area (Å²) in [5, 5.41) is 0.138. The molecule has 0 saturated carbocycles. The first-order valence-corrected chi connectivity index (χ1v) is 11.0. The van der Waals surface area contributed by atoms with Crippen molar-refractivity contribution in [2.24, 2.45) is 0 Å². The van der Waals surface area contributed by atoms with Crippen LogP contribution in [0.25, 0.3) is 0 Å². The van der Waals surface area contributed by atoms with Crippen molar-refractivity contribution in [2.45, 2.75) is 30.7 Å². The predicted molar refractivity (Wildman–Crippen MR) is 109 cm³/mol. The number of rotatable bonds is 6. The summed E-state index contributed by atoms with van der Waals surface area (Å²) in [6, 6.07) is 11.8. The van der Waals surface area contributed by atoms with Crippen molar-refractivity contribution < 1.29 is 17.9 Å². The average molecular weight is 423 g/mol. The van der Waals surface area contributed by atoms with Gasteiger partial charge >= 0.3 is 5.97 Å². The molecule has 6 nitrogen and oxygen atoms in total. The molecule has 0 spiro atoms. The van der Waals surface area contributed by atoms with E-state index in [0.29, 0.717) is 0 Å². The number of nitrogens with one attached hydrogen (secondary N) is 1. The first-order chi connectivity index (χ1) is 13.4. The Labute approximate surface area is 170 Å². The molecule has 150 valence electrons. The maximum Gasteiger partial charge on any atom is 0.339 e. The summed E-state index contributed by atoms with van der Waals surface area (Å²) >= 11 is 5.95. The minimum Gasteiger partial charge on any atom is -0.465 e. The Bertz CT molecular complexity index is 939. The number of halogens is 1. The van der Waals surface area contributed by atoms with Crippen LogP contribution in [-0.2, 0) is 21.3 Å². The highest BCUT2D eigenvalue weighted by Gasteiger charge is 2.19. The van der Waals surface area contributed by atoms with Gasteiger partial charge in [0.15, 0.2) is 0 Å². The molecule has 2 aromatic rings. The second-order valence-electron chi connectivity index (χ2n) is 6.67. The van der Waals surface area contributed by atoms with Crippen molar-refractivity contribution in [2.75, 3.05) is 25.1 Å². The number of carbonyl (C=O) groups excluding carboxylic acids is 1. The second-order valence-corrected chi connectivity index (χ2v) is 8.85. The van der Waals surface area contributed by atoms with Crippen LogP contribution >= 0.6 is 11.6 Å². The van der Waals surface area contributed by atoms with Crippen molar-refractivity contribution >= 4 is 33.3 Å². The van der Waals surface area contributed by atoms with E-state index in [0.717, 1.165) is 24.3 Å². The van der Waals surface area contributed by atoms with Gasteiger partial charge < -0.3 is 9.64 Å². The Balaban J connectivity index is 1.69. The number of esters is 1. The molecule has 3 rings (SSSR count). The van der Waals surface area contributed by atoms with E-state index in [4.69, 9.17) is 11.6 Å². The Morgan fingerprint density at radius 3 is 2.43 bits per heavy atom. The lowest BCUT2D eigenvalue weighted by atomic mass is 10.1. The summed E-state index contributed by atoms with van der Waals surface area (Å²) in [7, 11) is -2.58. The highest BCUT2D eigenvalue weighted by Crippen LogP contribution is 2.22. The Kier molecular flexibility index (Phi) is 6.59. The highest BCUT2D eigenvalue weighted by atomic mass is 35.5. The van der Waals surface area contributed by atoms with E-state index >= 15 is 0 Å².